The molecule has 1 aromatic heterocycles. The van der Waals surface area contributed by atoms with E-state index >= 15 is 0 Å². The summed E-state index contributed by atoms with van der Waals surface area (Å²) in [5, 5.41) is 0.386. The fraction of sp³-hybridized carbons (Fsp3) is 0.160. The van der Waals surface area contributed by atoms with Crippen molar-refractivity contribution in [3.05, 3.63) is 82.2 Å². The summed E-state index contributed by atoms with van der Waals surface area (Å²) in [4.78, 5) is 15.1. The number of ether oxygens (including phenoxy) is 3. The first-order chi connectivity index (χ1) is 16.0. The second-order valence-electron chi connectivity index (χ2n) is 7.54. The highest BCUT2D eigenvalue weighted by Crippen LogP contribution is 2.36. The van der Waals surface area contributed by atoms with Crippen molar-refractivity contribution in [1.29, 1.82) is 0 Å². The number of methoxy groups -OCH3 is 2. The van der Waals surface area contributed by atoms with Gasteiger partial charge in [-0.15, -0.1) is 0 Å². The first-order valence-electron chi connectivity index (χ1n) is 10.1. The standard InChI is InChI=1S/C25H19F2NO5/c1-30-22-7-3-14(9-23(22)31-2)18-12-32-25-16(24(18)29)5-8-21-17(25)11-28(13-33-21)15-4-6-19(26)20(27)10-15/h3-10,12H,11,13H2,1-2H3. The molecule has 3 aromatic carbocycles. The van der Waals surface area contributed by atoms with E-state index in [0.29, 0.717) is 57.1 Å². The number of nitrogens with zero attached hydrogens (tertiary/aromatic N) is 1. The van der Waals surface area contributed by atoms with Gasteiger partial charge in [-0.25, -0.2) is 8.78 Å². The molecule has 0 amide bonds. The van der Waals surface area contributed by atoms with Crippen LogP contribution in [0.3, 0.4) is 0 Å². The van der Waals surface area contributed by atoms with Gasteiger partial charge in [0.1, 0.15) is 17.6 Å². The molecule has 0 saturated heterocycles. The molecule has 168 valence electrons. The lowest BCUT2D eigenvalue weighted by Gasteiger charge is -2.31. The maximum Gasteiger partial charge on any atom is 0.200 e. The van der Waals surface area contributed by atoms with E-state index in [1.807, 2.05) is 0 Å². The number of fused-ring (bicyclic) bond motifs is 3. The Morgan fingerprint density at radius 2 is 1.76 bits per heavy atom. The Morgan fingerprint density at radius 3 is 2.52 bits per heavy atom. The highest BCUT2D eigenvalue weighted by atomic mass is 19.2. The van der Waals surface area contributed by atoms with E-state index in [2.05, 4.69) is 0 Å². The summed E-state index contributed by atoms with van der Waals surface area (Å²) >= 11 is 0. The van der Waals surface area contributed by atoms with Gasteiger partial charge in [0, 0.05) is 11.8 Å². The molecule has 0 unspecified atom stereocenters. The molecule has 1 aliphatic rings. The molecule has 8 heteroatoms. The number of rotatable bonds is 4. The Morgan fingerprint density at radius 1 is 0.939 bits per heavy atom. The molecule has 1 aliphatic heterocycles. The average Bonchev–Trinajstić information content (AvgIpc) is 2.85. The van der Waals surface area contributed by atoms with E-state index in [-0.39, 0.29) is 12.2 Å². The summed E-state index contributed by atoms with van der Waals surface area (Å²) in [5.41, 5.74) is 2.28. The number of hydrogen-bond acceptors (Lipinski definition) is 6. The molecule has 0 N–H and O–H groups in total. The largest absolute Gasteiger partial charge is 0.493 e. The average molecular weight is 451 g/mol. The van der Waals surface area contributed by atoms with Gasteiger partial charge in [0.05, 0.1) is 37.3 Å². The van der Waals surface area contributed by atoms with Gasteiger partial charge < -0.3 is 23.5 Å². The normalized spacial score (nSPS) is 12.9. The zero-order valence-electron chi connectivity index (χ0n) is 17.9. The molecule has 0 fully saturated rings. The number of benzene rings is 3. The molecule has 0 spiro atoms. The quantitative estimate of drug-likeness (QED) is 0.430. The minimum Gasteiger partial charge on any atom is -0.493 e. The first-order valence-corrected chi connectivity index (χ1v) is 10.1. The van der Waals surface area contributed by atoms with Crippen LogP contribution < -0.4 is 24.5 Å². The van der Waals surface area contributed by atoms with Crippen molar-refractivity contribution in [2.45, 2.75) is 6.54 Å². The molecule has 0 aliphatic carbocycles. The van der Waals surface area contributed by atoms with Crippen LogP contribution >= 0.6 is 0 Å². The Labute approximate surface area is 187 Å². The Balaban J connectivity index is 1.57. The lowest BCUT2D eigenvalue weighted by molar-refractivity contribution is 0.289. The smallest absolute Gasteiger partial charge is 0.200 e. The van der Waals surface area contributed by atoms with E-state index in [0.717, 1.165) is 12.1 Å². The second-order valence-corrected chi connectivity index (χ2v) is 7.54. The molecule has 6 nitrogen and oxygen atoms in total. The minimum atomic E-state index is -0.942. The summed E-state index contributed by atoms with van der Waals surface area (Å²) in [6, 6.07) is 12.2. The van der Waals surface area contributed by atoms with Crippen LogP contribution in [0.4, 0.5) is 14.5 Å². The highest BCUT2D eigenvalue weighted by molar-refractivity contribution is 5.86. The fourth-order valence-electron chi connectivity index (χ4n) is 3.96. The van der Waals surface area contributed by atoms with Crippen LogP contribution in [0.2, 0.25) is 0 Å². The predicted molar refractivity (Wildman–Crippen MR) is 119 cm³/mol. The number of anilines is 1. The molecule has 33 heavy (non-hydrogen) atoms. The van der Waals surface area contributed by atoms with Gasteiger partial charge in [-0.1, -0.05) is 6.07 Å². The summed E-state index contributed by atoms with van der Waals surface area (Å²) in [7, 11) is 3.06. The lowest BCUT2D eigenvalue weighted by Crippen LogP contribution is -2.32. The zero-order chi connectivity index (χ0) is 23.1. The van der Waals surface area contributed by atoms with Gasteiger partial charge in [-0.05, 0) is 42.0 Å². The molecule has 0 bridgehead atoms. The lowest BCUT2D eigenvalue weighted by atomic mass is 10.0. The van der Waals surface area contributed by atoms with Crippen molar-refractivity contribution < 1.29 is 27.4 Å². The third kappa shape index (κ3) is 3.53. The maximum absolute atomic E-state index is 13.7. The summed E-state index contributed by atoms with van der Waals surface area (Å²) in [6.45, 7) is 0.452. The van der Waals surface area contributed by atoms with Crippen LogP contribution in [0, 0.1) is 11.6 Å². The van der Waals surface area contributed by atoms with E-state index in [4.69, 9.17) is 18.6 Å². The molecule has 4 aromatic rings. The van der Waals surface area contributed by atoms with Crippen LogP contribution in [0.15, 0.2) is 64.0 Å². The molecule has 0 atom stereocenters. The molecular weight excluding hydrogens is 432 g/mol. The van der Waals surface area contributed by atoms with Gasteiger partial charge in [0.25, 0.3) is 0 Å². The summed E-state index contributed by atoms with van der Waals surface area (Å²) in [5.74, 6) is -0.243. The molecule has 2 heterocycles. The minimum absolute atomic E-state index is 0.150. The highest BCUT2D eigenvalue weighted by Gasteiger charge is 2.24. The van der Waals surface area contributed by atoms with Crippen LogP contribution in [0.25, 0.3) is 22.1 Å². The monoisotopic (exact) mass is 451 g/mol. The topological polar surface area (TPSA) is 61.1 Å². The third-order valence-corrected chi connectivity index (χ3v) is 5.69. The molecular formula is C25H19F2NO5. The predicted octanol–water partition coefficient (Wildman–Crippen LogP) is 5.11. The van der Waals surface area contributed by atoms with Gasteiger partial charge in [0.2, 0.25) is 5.43 Å². The molecule has 5 rings (SSSR count). The van der Waals surface area contributed by atoms with Gasteiger partial charge in [-0.3, -0.25) is 4.79 Å². The van der Waals surface area contributed by atoms with Crippen molar-refractivity contribution in [1.82, 2.24) is 0 Å². The van der Waals surface area contributed by atoms with E-state index < -0.39 is 11.6 Å². The molecule has 0 saturated carbocycles. The third-order valence-electron chi connectivity index (χ3n) is 5.69. The molecule has 0 radical (unpaired) electrons. The summed E-state index contributed by atoms with van der Waals surface area (Å²) in [6.07, 6.45) is 1.41. The van der Waals surface area contributed by atoms with Crippen LogP contribution in [-0.2, 0) is 6.54 Å². The van der Waals surface area contributed by atoms with Crippen molar-refractivity contribution in [3.63, 3.8) is 0 Å². The van der Waals surface area contributed by atoms with E-state index in [1.165, 1.54) is 26.5 Å². The van der Waals surface area contributed by atoms with E-state index in [9.17, 15) is 13.6 Å². The van der Waals surface area contributed by atoms with E-state index in [1.54, 1.807) is 35.2 Å². The number of hydrogen-bond donors (Lipinski definition) is 0. The van der Waals surface area contributed by atoms with Crippen molar-refractivity contribution in [2.24, 2.45) is 0 Å². The van der Waals surface area contributed by atoms with Crippen LogP contribution in [0.1, 0.15) is 5.56 Å². The van der Waals surface area contributed by atoms with Crippen LogP contribution in [-0.4, -0.2) is 21.0 Å². The fourth-order valence-corrected chi connectivity index (χ4v) is 3.96. The van der Waals surface area contributed by atoms with Gasteiger partial charge in [-0.2, -0.15) is 0 Å². The van der Waals surface area contributed by atoms with Gasteiger partial charge in [0.15, 0.2) is 29.9 Å². The van der Waals surface area contributed by atoms with Crippen molar-refractivity contribution >= 4 is 16.7 Å². The summed E-state index contributed by atoms with van der Waals surface area (Å²) < 4.78 is 49.4. The number of halogens is 2. The zero-order valence-corrected chi connectivity index (χ0v) is 17.9. The Bertz CT molecular complexity index is 1430. The Kier molecular flexibility index (Phi) is 5.12. The second kappa shape index (κ2) is 8.12. The SMILES string of the molecule is COc1ccc(-c2coc3c4c(ccc3c2=O)OCN(c2ccc(F)c(F)c2)C4)cc1OC. The van der Waals surface area contributed by atoms with Gasteiger partial charge >= 0.3 is 0 Å². The van der Waals surface area contributed by atoms with Crippen LogP contribution in [0.5, 0.6) is 17.2 Å². The first kappa shape index (κ1) is 20.8. The van der Waals surface area contributed by atoms with Crippen molar-refractivity contribution in [2.75, 3.05) is 25.9 Å². The Hall–Kier alpha value is -4.07. The maximum atomic E-state index is 13.7. The van der Waals surface area contributed by atoms with Crippen molar-refractivity contribution in [3.8, 4) is 28.4 Å².